The summed E-state index contributed by atoms with van der Waals surface area (Å²) in [7, 11) is 0. The molecule has 0 rings (SSSR count). The molecule has 122 valence electrons. The number of hydrogen-bond acceptors (Lipinski definition) is 9. The summed E-state index contributed by atoms with van der Waals surface area (Å²) in [6, 6.07) is 0. The van der Waals surface area contributed by atoms with Crippen LogP contribution in [0.5, 0.6) is 0 Å². The Morgan fingerprint density at radius 3 is 0.421 bits per heavy atom. The van der Waals surface area contributed by atoms with Crippen molar-refractivity contribution in [2.75, 3.05) is 0 Å². The van der Waals surface area contributed by atoms with Crippen molar-refractivity contribution in [1.29, 1.82) is 0 Å². The van der Waals surface area contributed by atoms with Crippen molar-refractivity contribution in [2.24, 2.45) is 0 Å². The zero-order chi connectivity index (χ0) is 10.7. The van der Waals surface area contributed by atoms with Gasteiger partial charge in [-0.05, 0) is 0 Å². The Balaban J connectivity index is -0.00000000675. The fourth-order valence-electron chi connectivity index (χ4n) is 0. The summed E-state index contributed by atoms with van der Waals surface area (Å²) < 4.78 is 0. The SMILES string of the molecule is O.O.O.O.O.O.O=[N+]([O-])[O-].O=[N+]([O-])[O-].O=[N+]([O-])[O-].[Bi+3]. The fourth-order valence-corrected chi connectivity index (χ4v) is 0. The molecule has 0 bridgehead atoms. The average molecular weight is 503 g/mol. The van der Waals surface area contributed by atoms with E-state index in [0.29, 0.717) is 0 Å². The molecule has 18 nitrogen and oxygen atoms in total. The van der Waals surface area contributed by atoms with E-state index in [2.05, 4.69) is 0 Å². The molecule has 0 amide bonds. The van der Waals surface area contributed by atoms with Crippen LogP contribution in [0.4, 0.5) is 0 Å². The summed E-state index contributed by atoms with van der Waals surface area (Å²) in [5, 5.41) is 44.2. The maximum absolute atomic E-state index is 8.25. The van der Waals surface area contributed by atoms with E-state index < -0.39 is 15.3 Å². The molecule has 12 N–H and O–H groups in total. The van der Waals surface area contributed by atoms with E-state index in [1.165, 1.54) is 0 Å². The van der Waals surface area contributed by atoms with Crippen LogP contribution >= 0.6 is 0 Å². The van der Waals surface area contributed by atoms with Crippen LogP contribution in [0.15, 0.2) is 0 Å². The van der Waals surface area contributed by atoms with Crippen molar-refractivity contribution in [2.45, 2.75) is 0 Å². The molecule has 0 saturated heterocycles. The van der Waals surface area contributed by atoms with E-state index >= 15 is 0 Å². The van der Waals surface area contributed by atoms with Crippen LogP contribution in [0, 0.1) is 46.0 Å². The smallest absolute Gasteiger partial charge is 0.412 e. The van der Waals surface area contributed by atoms with E-state index in [9.17, 15) is 0 Å². The Kier molecular flexibility index (Phi) is 328. The van der Waals surface area contributed by atoms with Crippen molar-refractivity contribution >= 4 is 26.2 Å². The maximum Gasteiger partial charge on any atom is 3.00 e. The van der Waals surface area contributed by atoms with Gasteiger partial charge in [-0.15, -0.1) is 0 Å². The van der Waals surface area contributed by atoms with Gasteiger partial charge in [0.15, 0.2) is 0 Å². The van der Waals surface area contributed by atoms with Crippen LogP contribution in [0.3, 0.4) is 0 Å². The predicted octanol–water partition coefficient (Wildman–Crippen LogP) is -6.05. The molecule has 0 atom stereocenters. The van der Waals surface area contributed by atoms with Gasteiger partial charge in [-0.2, -0.15) is 0 Å². The van der Waals surface area contributed by atoms with Gasteiger partial charge in [-0.25, -0.2) is 0 Å². The molecule has 0 saturated carbocycles. The van der Waals surface area contributed by atoms with Crippen molar-refractivity contribution in [3.8, 4) is 0 Å². The first kappa shape index (κ1) is 86.7. The van der Waals surface area contributed by atoms with Crippen molar-refractivity contribution < 1.29 is 48.1 Å². The Bertz CT molecular complexity index is 115. The first-order valence-corrected chi connectivity index (χ1v) is 1.64. The van der Waals surface area contributed by atoms with Gasteiger partial charge < -0.3 is 78.8 Å². The first-order chi connectivity index (χ1) is 5.20. The Morgan fingerprint density at radius 2 is 0.421 bits per heavy atom. The molecular formula is H12BiN3O15. The molecule has 0 aromatic rings. The summed E-state index contributed by atoms with van der Waals surface area (Å²) in [4.78, 5) is 24.8. The van der Waals surface area contributed by atoms with Crippen molar-refractivity contribution in [1.82, 2.24) is 0 Å². The second-order valence-corrected chi connectivity index (χ2v) is 0.671. The van der Waals surface area contributed by atoms with Crippen LogP contribution in [0.2, 0.25) is 0 Å². The molecule has 0 aromatic carbocycles. The third-order valence-corrected chi connectivity index (χ3v) is 0. The van der Waals surface area contributed by atoms with Gasteiger partial charge in [0.2, 0.25) is 0 Å². The van der Waals surface area contributed by atoms with Crippen LogP contribution < -0.4 is 0 Å². The molecule has 0 heterocycles. The molecule has 0 aliphatic carbocycles. The quantitative estimate of drug-likeness (QED) is 0.172. The monoisotopic (exact) mass is 503 g/mol. The van der Waals surface area contributed by atoms with Crippen LogP contribution in [0.1, 0.15) is 0 Å². The zero-order valence-electron chi connectivity index (χ0n) is 8.46. The predicted molar refractivity (Wildman–Crippen MR) is 58.5 cm³/mol. The normalized spacial score (nSPS) is 3.79. The first-order valence-electron chi connectivity index (χ1n) is 1.64. The zero-order valence-corrected chi connectivity index (χ0v) is 11.9. The summed E-state index contributed by atoms with van der Waals surface area (Å²) in [5.41, 5.74) is 0. The van der Waals surface area contributed by atoms with E-state index in [4.69, 9.17) is 46.0 Å². The third kappa shape index (κ3) is 1070. The van der Waals surface area contributed by atoms with Gasteiger partial charge in [-0.3, -0.25) is 0 Å². The standard InChI is InChI=1S/Bi.3NO3.6H2O/c;3*2-1(3)4;;;;;;/h;;;;6*1H2/q+3;3*-1;;;;;;. The molecule has 19 heteroatoms. The number of hydrogen-bond donors (Lipinski definition) is 0. The summed E-state index contributed by atoms with van der Waals surface area (Å²) in [5.74, 6) is 0. The third-order valence-electron chi connectivity index (χ3n) is 0. The molecule has 0 spiro atoms. The second-order valence-electron chi connectivity index (χ2n) is 0.671. The minimum absolute atomic E-state index is 0. The minimum atomic E-state index is -1.75. The van der Waals surface area contributed by atoms with Crippen molar-refractivity contribution in [3.63, 3.8) is 0 Å². The van der Waals surface area contributed by atoms with Gasteiger partial charge in [0, 0.05) is 0 Å². The number of rotatable bonds is 0. The summed E-state index contributed by atoms with van der Waals surface area (Å²) in [6.07, 6.45) is 0. The molecule has 0 aliphatic heterocycles. The molecule has 2 radical (unpaired) electrons. The molecule has 0 fully saturated rings. The van der Waals surface area contributed by atoms with Crippen LogP contribution in [-0.2, 0) is 0 Å². The van der Waals surface area contributed by atoms with Crippen LogP contribution in [0.25, 0.3) is 0 Å². The average Bonchev–Trinajstić information content (AvgIpc) is 1.54. The van der Waals surface area contributed by atoms with Crippen molar-refractivity contribution in [3.05, 3.63) is 46.0 Å². The summed E-state index contributed by atoms with van der Waals surface area (Å²) >= 11 is 0. The van der Waals surface area contributed by atoms with E-state index in [1.807, 2.05) is 0 Å². The topological polar surface area (TPSA) is 388 Å². The van der Waals surface area contributed by atoms with E-state index in [0.717, 1.165) is 0 Å². The summed E-state index contributed by atoms with van der Waals surface area (Å²) in [6.45, 7) is 0. The van der Waals surface area contributed by atoms with Gasteiger partial charge >= 0.3 is 26.2 Å². The van der Waals surface area contributed by atoms with Gasteiger partial charge in [0.05, 0.1) is 15.3 Å². The van der Waals surface area contributed by atoms with Gasteiger partial charge in [-0.1, -0.05) is 0 Å². The van der Waals surface area contributed by atoms with Crippen LogP contribution in [-0.4, -0.2) is 74.3 Å². The fraction of sp³-hybridized carbons (Fsp3) is 0. The Hall–Kier alpha value is -1.76. The number of nitrogens with zero attached hydrogens (tertiary/aromatic N) is 3. The van der Waals surface area contributed by atoms with E-state index in [1.54, 1.807) is 0 Å². The second kappa shape index (κ2) is 71.9. The van der Waals surface area contributed by atoms with E-state index in [-0.39, 0.29) is 59.1 Å². The molecule has 0 unspecified atom stereocenters. The molecule has 0 aliphatic rings. The largest absolute Gasteiger partial charge is 3.00 e. The Morgan fingerprint density at radius 1 is 0.421 bits per heavy atom. The van der Waals surface area contributed by atoms with Gasteiger partial charge in [0.1, 0.15) is 0 Å². The Labute approximate surface area is 121 Å². The molecular weight excluding hydrogens is 491 g/mol. The maximum atomic E-state index is 8.25. The molecule has 0 aromatic heterocycles. The molecule has 19 heavy (non-hydrogen) atoms. The minimum Gasteiger partial charge on any atom is -0.412 e. The van der Waals surface area contributed by atoms with Gasteiger partial charge in [0.25, 0.3) is 0 Å².